The predicted octanol–water partition coefficient (Wildman–Crippen LogP) is 3.98. The van der Waals surface area contributed by atoms with Crippen molar-refractivity contribution in [1.29, 1.82) is 0 Å². The highest BCUT2D eigenvalue weighted by Gasteiger charge is 2.15. The van der Waals surface area contributed by atoms with Crippen molar-refractivity contribution in [3.63, 3.8) is 0 Å². The van der Waals surface area contributed by atoms with E-state index in [0.29, 0.717) is 0 Å². The molecule has 1 atom stereocenters. The fraction of sp³-hybridized carbons (Fsp3) is 0.571. The van der Waals surface area contributed by atoms with Crippen LogP contribution in [-0.2, 0) is 0 Å². The molecule has 3 heteroatoms. The Morgan fingerprint density at radius 3 is 2.35 bits per heavy atom. The number of aliphatic hydroxyl groups excluding tert-OH is 1. The lowest BCUT2D eigenvalue weighted by Gasteiger charge is -2.28. The molecule has 1 N–H and O–H groups in total. The summed E-state index contributed by atoms with van der Waals surface area (Å²) in [6.45, 7) is 9.44. The molecule has 2 nitrogen and oxygen atoms in total. The molecule has 0 saturated heterocycles. The second kappa shape index (κ2) is 5.40. The lowest BCUT2D eigenvalue weighted by Crippen LogP contribution is -2.29. The summed E-state index contributed by atoms with van der Waals surface area (Å²) < 4.78 is 0.964. The number of rotatable bonds is 3. The Morgan fingerprint density at radius 2 is 1.94 bits per heavy atom. The molecule has 0 saturated carbocycles. The molecular formula is C14H22BrNO. The van der Waals surface area contributed by atoms with Crippen LogP contribution in [0.4, 0.5) is 5.69 Å². The third-order valence-corrected chi connectivity index (χ3v) is 3.27. The van der Waals surface area contributed by atoms with Crippen LogP contribution in [0.1, 0.15) is 39.4 Å². The third kappa shape index (κ3) is 4.32. The van der Waals surface area contributed by atoms with E-state index in [2.05, 4.69) is 60.8 Å². The average Bonchev–Trinajstić information content (AvgIpc) is 2.14. The number of nitrogens with zero attached hydrogens (tertiary/aromatic N) is 1. The lowest BCUT2D eigenvalue weighted by molar-refractivity contribution is 0.198. The van der Waals surface area contributed by atoms with Crippen LogP contribution in [0.3, 0.4) is 0 Å². The van der Waals surface area contributed by atoms with Gasteiger partial charge in [0, 0.05) is 23.8 Å². The van der Waals surface area contributed by atoms with Crippen molar-refractivity contribution in [2.45, 2.75) is 33.8 Å². The van der Waals surface area contributed by atoms with Gasteiger partial charge in [0.05, 0.1) is 6.10 Å². The van der Waals surface area contributed by atoms with E-state index in [1.165, 1.54) is 0 Å². The van der Waals surface area contributed by atoms with Crippen molar-refractivity contribution in [3.8, 4) is 0 Å². The van der Waals surface area contributed by atoms with Gasteiger partial charge in [-0.1, -0.05) is 42.8 Å². The standard InChI is InChI=1S/C14H22BrNO/c1-10(17)12-7-6-11(8-13(12)15)16(5)9-14(2,3)4/h6-8,10,17H,9H2,1-5H3. The van der Waals surface area contributed by atoms with E-state index < -0.39 is 6.10 Å². The van der Waals surface area contributed by atoms with E-state index in [0.717, 1.165) is 22.3 Å². The number of halogens is 1. The first-order chi connectivity index (χ1) is 7.70. The Kier molecular flexibility index (Phi) is 4.62. The molecule has 1 aromatic rings. The van der Waals surface area contributed by atoms with Crippen molar-refractivity contribution >= 4 is 21.6 Å². The van der Waals surface area contributed by atoms with E-state index in [-0.39, 0.29) is 5.41 Å². The van der Waals surface area contributed by atoms with E-state index >= 15 is 0 Å². The molecule has 0 bridgehead atoms. The Morgan fingerprint density at radius 1 is 1.35 bits per heavy atom. The highest BCUT2D eigenvalue weighted by Crippen LogP contribution is 2.29. The van der Waals surface area contributed by atoms with Gasteiger partial charge < -0.3 is 10.0 Å². The zero-order valence-electron chi connectivity index (χ0n) is 11.3. The van der Waals surface area contributed by atoms with Crippen LogP contribution in [0.2, 0.25) is 0 Å². The third-order valence-electron chi connectivity index (χ3n) is 2.59. The Balaban J connectivity index is 2.90. The van der Waals surface area contributed by atoms with E-state index in [4.69, 9.17) is 0 Å². The van der Waals surface area contributed by atoms with Crippen LogP contribution in [0.15, 0.2) is 22.7 Å². The second-order valence-electron chi connectivity index (χ2n) is 5.80. The van der Waals surface area contributed by atoms with E-state index in [1.54, 1.807) is 6.92 Å². The first-order valence-corrected chi connectivity index (χ1v) is 6.68. The Bertz CT molecular complexity index is 382. The van der Waals surface area contributed by atoms with Crippen LogP contribution in [0.5, 0.6) is 0 Å². The smallest absolute Gasteiger partial charge is 0.0772 e. The van der Waals surface area contributed by atoms with Gasteiger partial charge in [-0.05, 0) is 30.0 Å². The summed E-state index contributed by atoms with van der Waals surface area (Å²) in [5, 5.41) is 9.58. The summed E-state index contributed by atoms with van der Waals surface area (Å²) in [6.07, 6.45) is -0.439. The van der Waals surface area contributed by atoms with Gasteiger partial charge in [0.2, 0.25) is 0 Å². The fourth-order valence-corrected chi connectivity index (χ4v) is 2.59. The average molecular weight is 300 g/mol. The molecule has 1 rings (SSSR count). The molecule has 0 fully saturated rings. The van der Waals surface area contributed by atoms with Crippen LogP contribution in [0, 0.1) is 5.41 Å². The summed E-state index contributed by atoms with van der Waals surface area (Å²) in [5.74, 6) is 0. The van der Waals surface area contributed by atoms with Gasteiger partial charge >= 0.3 is 0 Å². The molecule has 0 aliphatic carbocycles. The number of hydrogen-bond acceptors (Lipinski definition) is 2. The zero-order valence-corrected chi connectivity index (χ0v) is 12.9. The molecule has 1 unspecified atom stereocenters. The minimum absolute atomic E-state index is 0.268. The minimum atomic E-state index is -0.439. The normalized spacial score (nSPS) is 13.6. The molecule has 0 heterocycles. The molecule has 0 aliphatic heterocycles. The number of benzene rings is 1. The van der Waals surface area contributed by atoms with Crippen LogP contribution < -0.4 is 4.90 Å². The number of anilines is 1. The summed E-state index contributed by atoms with van der Waals surface area (Å²) in [7, 11) is 2.09. The van der Waals surface area contributed by atoms with Crippen LogP contribution in [0.25, 0.3) is 0 Å². The van der Waals surface area contributed by atoms with Crippen molar-refractivity contribution in [2.24, 2.45) is 5.41 Å². The Hall–Kier alpha value is -0.540. The molecular weight excluding hydrogens is 278 g/mol. The molecule has 0 spiro atoms. The lowest BCUT2D eigenvalue weighted by atomic mass is 9.96. The number of hydrogen-bond donors (Lipinski definition) is 1. The van der Waals surface area contributed by atoms with Crippen LogP contribution in [-0.4, -0.2) is 18.7 Å². The van der Waals surface area contributed by atoms with Crippen molar-refractivity contribution in [3.05, 3.63) is 28.2 Å². The highest BCUT2D eigenvalue weighted by molar-refractivity contribution is 9.10. The quantitative estimate of drug-likeness (QED) is 0.912. The van der Waals surface area contributed by atoms with Gasteiger partial charge in [0.25, 0.3) is 0 Å². The highest BCUT2D eigenvalue weighted by atomic mass is 79.9. The molecule has 0 aromatic heterocycles. The summed E-state index contributed by atoms with van der Waals surface area (Å²) in [5.41, 5.74) is 2.36. The van der Waals surface area contributed by atoms with Gasteiger partial charge in [0.15, 0.2) is 0 Å². The van der Waals surface area contributed by atoms with Gasteiger partial charge in [0.1, 0.15) is 0 Å². The van der Waals surface area contributed by atoms with Gasteiger partial charge in [-0.2, -0.15) is 0 Å². The van der Waals surface area contributed by atoms with Gasteiger partial charge in [-0.25, -0.2) is 0 Å². The molecule has 96 valence electrons. The molecule has 0 radical (unpaired) electrons. The van der Waals surface area contributed by atoms with Crippen molar-refractivity contribution < 1.29 is 5.11 Å². The minimum Gasteiger partial charge on any atom is -0.389 e. The van der Waals surface area contributed by atoms with Crippen molar-refractivity contribution in [2.75, 3.05) is 18.5 Å². The molecule has 0 amide bonds. The van der Waals surface area contributed by atoms with Crippen LogP contribution >= 0.6 is 15.9 Å². The summed E-state index contributed by atoms with van der Waals surface area (Å²) >= 11 is 3.51. The second-order valence-corrected chi connectivity index (χ2v) is 6.65. The molecule has 0 aliphatic rings. The summed E-state index contributed by atoms with van der Waals surface area (Å²) in [6, 6.07) is 6.09. The monoisotopic (exact) mass is 299 g/mol. The molecule has 1 aromatic carbocycles. The maximum Gasteiger partial charge on any atom is 0.0772 e. The van der Waals surface area contributed by atoms with E-state index in [1.807, 2.05) is 6.07 Å². The summed E-state index contributed by atoms with van der Waals surface area (Å²) in [4.78, 5) is 2.23. The molecule has 17 heavy (non-hydrogen) atoms. The first kappa shape index (κ1) is 14.5. The van der Waals surface area contributed by atoms with Crippen molar-refractivity contribution in [1.82, 2.24) is 0 Å². The first-order valence-electron chi connectivity index (χ1n) is 5.89. The topological polar surface area (TPSA) is 23.5 Å². The maximum absolute atomic E-state index is 9.58. The SMILES string of the molecule is CC(O)c1ccc(N(C)CC(C)(C)C)cc1Br. The largest absolute Gasteiger partial charge is 0.389 e. The Labute approximate surface area is 113 Å². The van der Waals surface area contributed by atoms with Gasteiger partial charge in [-0.15, -0.1) is 0 Å². The number of aliphatic hydroxyl groups is 1. The van der Waals surface area contributed by atoms with E-state index in [9.17, 15) is 5.11 Å². The maximum atomic E-state index is 9.58. The van der Waals surface area contributed by atoms with Gasteiger partial charge in [-0.3, -0.25) is 0 Å². The fourth-order valence-electron chi connectivity index (χ4n) is 1.90. The zero-order chi connectivity index (χ0) is 13.2. The predicted molar refractivity (Wildman–Crippen MR) is 77.5 cm³/mol.